The van der Waals surface area contributed by atoms with Crippen LogP contribution in [0.25, 0.3) is 0 Å². The molecule has 2 unspecified atom stereocenters. The van der Waals surface area contributed by atoms with Crippen molar-refractivity contribution in [1.82, 2.24) is 10.3 Å². The zero-order chi connectivity index (χ0) is 28.1. The first-order valence-electron chi connectivity index (χ1n) is 12.1. The number of halogens is 1. The highest BCUT2D eigenvalue weighted by atomic mass is 19.1. The molecule has 38 heavy (non-hydrogen) atoms. The summed E-state index contributed by atoms with van der Waals surface area (Å²) in [5.41, 5.74) is 6.02. The van der Waals surface area contributed by atoms with Crippen LogP contribution in [0.4, 0.5) is 10.1 Å². The summed E-state index contributed by atoms with van der Waals surface area (Å²) in [6.45, 7) is 10.8. The lowest BCUT2D eigenvalue weighted by atomic mass is 9.86. The monoisotopic (exact) mass is 514 g/mol. The van der Waals surface area contributed by atoms with Crippen LogP contribution in [0.3, 0.4) is 0 Å². The molecule has 2 heterocycles. The minimum absolute atomic E-state index is 0.0986. The Balaban J connectivity index is 0.00000195. The lowest BCUT2D eigenvalue weighted by Crippen LogP contribution is -2.27. The molecular weight excluding hydrogens is 483 g/mol. The highest BCUT2D eigenvalue weighted by molar-refractivity contribution is 6.10. The number of hydrogen-bond acceptors (Lipinski definition) is 3. The fourth-order valence-corrected chi connectivity index (χ4v) is 4.59. The first-order chi connectivity index (χ1) is 18.0. The van der Waals surface area contributed by atoms with Crippen molar-refractivity contribution in [2.24, 2.45) is 10.9 Å². The number of carbonyl (C=O) groups is 3. The number of aromatic nitrogens is 1. The van der Waals surface area contributed by atoms with Gasteiger partial charge in [-0.1, -0.05) is 24.8 Å². The Labute approximate surface area is 222 Å². The van der Waals surface area contributed by atoms with E-state index in [1.54, 1.807) is 38.1 Å². The third-order valence-electron chi connectivity index (χ3n) is 6.69. The summed E-state index contributed by atoms with van der Waals surface area (Å²) in [5.74, 6) is -1.57. The average molecular weight is 515 g/mol. The van der Waals surface area contributed by atoms with Crippen LogP contribution in [0.5, 0.6) is 0 Å². The van der Waals surface area contributed by atoms with Crippen molar-refractivity contribution in [1.29, 1.82) is 0 Å². The molecule has 1 saturated heterocycles. The number of nitrogens with zero attached hydrogens (tertiary/aromatic N) is 1. The van der Waals surface area contributed by atoms with Crippen LogP contribution in [0.1, 0.15) is 42.8 Å². The van der Waals surface area contributed by atoms with Crippen LogP contribution in [0, 0.1) is 38.4 Å². The van der Waals surface area contributed by atoms with Crippen LogP contribution in [-0.2, 0) is 20.8 Å². The van der Waals surface area contributed by atoms with E-state index in [0.717, 1.165) is 22.5 Å². The average Bonchev–Trinajstić information content (AvgIpc) is 3.35. The molecule has 1 fully saturated rings. The molecule has 196 valence electrons. The van der Waals surface area contributed by atoms with E-state index in [9.17, 15) is 18.8 Å². The molecule has 1 aliphatic carbocycles. The van der Waals surface area contributed by atoms with Gasteiger partial charge in [0.05, 0.1) is 17.6 Å². The standard InChI is InChI=1S/C28H29FN4O3.C2H2/c1-14(2)26(34)33-25-15(3)24(30-17(25)5)13-22-21-12-19(8-11-23(21)32-28(22)36)27(35)31-16(4)18-6-9-20(29)10-7-18;1-2/h6-10,12,22-23,30H,1,11,13H2,2-5H3,(H,32,36)(H,33,34);1-2H. The van der Waals surface area contributed by atoms with E-state index in [1.807, 2.05) is 13.8 Å². The van der Waals surface area contributed by atoms with Crippen molar-refractivity contribution < 1.29 is 18.8 Å². The molecule has 2 atom stereocenters. The highest BCUT2D eigenvalue weighted by Gasteiger charge is 2.39. The normalized spacial score (nSPS) is 18.3. The lowest BCUT2D eigenvalue weighted by molar-refractivity contribution is -0.122. The molecule has 2 aliphatic rings. The summed E-state index contributed by atoms with van der Waals surface area (Å²) in [7, 11) is 0. The Hall–Kier alpha value is -4.51. The number of carbonyl (C=O) groups excluding carboxylic acids is 3. The summed E-state index contributed by atoms with van der Waals surface area (Å²) in [6.07, 6.45) is 12.5. The number of fused-ring (bicyclic) bond motifs is 1. The fraction of sp³-hybridized carbons (Fsp3) is 0.267. The Morgan fingerprint density at radius 2 is 1.84 bits per heavy atom. The number of aryl methyl sites for hydroxylation is 1. The summed E-state index contributed by atoms with van der Waals surface area (Å²) < 4.78 is 13.2. The van der Waals surface area contributed by atoms with Gasteiger partial charge >= 0.3 is 0 Å². The van der Waals surface area contributed by atoms with Crippen LogP contribution < -0.4 is 10.6 Å². The molecule has 8 heteroatoms. The van der Waals surface area contributed by atoms with Gasteiger partial charge in [0.15, 0.2) is 0 Å². The molecule has 3 amide bonds. The maximum Gasteiger partial charge on any atom is 0.276 e. The van der Waals surface area contributed by atoms with Crippen LogP contribution >= 0.6 is 0 Å². The summed E-state index contributed by atoms with van der Waals surface area (Å²) in [4.78, 5) is 45.4. The second-order valence-corrected chi connectivity index (χ2v) is 9.33. The van der Waals surface area contributed by atoms with Crippen molar-refractivity contribution in [3.05, 3.63) is 88.0 Å². The number of aliphatic imine (C=N–C) groups is 1. The van der Waals surface area contributed by atoms with E-state index < -0.39 is 11.8 Å². The van der Waals surface area contributed by atoms with Gasteiger partial charge < -0.3 is 15.6 Å². The number of nitrogens with one attached hydrogen (secondary N) is 3. The molecule has 0 bridgehead atoms. The molecule has 1 aliphatic heterocycles. The quantitative estimate of drug-likeness (QED) is 0.301. The Bertz CT molecular complexity index is 1410. The van der Waals surface area contributed by atoms with Crippen molar-refractivity contribution in [2.75, 3.05) is 5.32 Å². The molecule has 0 saturated carbocycles. The van der Waals surface area contributed by atoms with Crippen LogP contribution in [-0.4, -0.2) is 34.5 Å². The zero-order valence-corrected chi connectivity index (χ0v) is 21.9. The van der Waals surface area contributed by atoms with Gasteiger partial charge in [0.25, 0.3) is 11.8 Å². The number of benzene rings is 1. The van der Waals surface area contributed by atoms with Gasteiger partial charge in [-0.15, -0.1) is 12.8 Å². The van der Waals surface area contributed by atoms with Gasteiger partial charge in [0.1, 0.15) is 5.82 Å². The SMILES string of the molecule is C#C.C=C(C)C(=O)Nc1c(C)[nH]c(CC2C(=O)NC3CC=C(C(=O)N=C(C)c4ccc(F)cc4)C=C32)c1C. The number of aromatic amines is 1. The minimum Gasteiger partial charge on any atom is -0.360 e. The van der Waals surface area contributed by atoms with Crippen LogP contribution in [0.2, 0.25) is 0 Å². The van der Waals surface area contributed by atoms with Gasteiger partial charge in [-0.2, -0.15) is 0 Å². The van der Waals surface area contributed by atoms with E-state index in [-0.39, 0.29) is 23.7 Å². The first-order valence-corrected chi connectivity index (χ1v) is 12.1. The summed E-state index contributed by atoms with van der Waals surface area (Å²) in [5, 5.41) is 5.89. The molecule has 0 radical (unpaired) electrons. The highest BCUT2D eigenvalue weighted by Crippen LogP contribution is 2.35. The molecule has 3 N–H and O–H groups in total. The van der Waals surface area contributed by atoms with E-state index in [0.29, 0.717) is 41.0 Å². The topological polar surface area (TPSA) is 103 Å². The largest absolute Gasteiger partial charge is 0.360 e. The third kappa shape index (κ3) is 5.89. The molecule has 4 rings (SSSR count). The molecular formula is C30H31FN4O3. The number of anilines is 1. The van der Waals surface area contributed by atoms with Crippen LogP contribution in [0.15, 0.2) is 64.7 Å². The smallest absolute Gasteiger partial charge is 0.276 e. The lowest BCUT2D eigenvalue weighted by Gasteiger charge is -2.18. The Kier molecular flexibility index (Phi) is 8.64. The van der Waals surface area contributed by atoms with E-state index in [4.69, 9.17) is 0 Å². The van der Waals surface area contributed by atoms with Gasteiger partial charge in [-0.05, 0) is 69.0 Å². The maximum atomic E-state index is 13.2. The predicted molar refractivity (Wildman–Crippen MR) is 147 cm³/mol. The third-order valence-corrected chi connectivity index (χ3v) is 6.69. The Morgan fingerprint density at radius 3 is 2.47 bits per heavy atom. The van der Waals surface area contributed by atoms with Crippen molar-refractivity contribution in [3.63, 3.8) is 0 Å². The molecule has 1 aromatic heterocycles. The number of amides is 3. The Morgan fingerprint density at radius 1 is 1.18 bits per heavy atom. The molecule has 2 aromatic rings. The van der Waals surface area contributed by atoms with Crippen molar-refractivity contribution in [2.45, 2.75) is 46.6 Å². The summed E-state index contributed by atoms with van der Waals surface area (Å²) >= 11 is 0. The zero-order valence-electron chi connectivity index (χ0n) is 21.9. The summed E-state index contributed by atoms with van der Waals surface area (Å²) in [6, 6.07) is 5.64. The fourth-order valence-electron chi connectivity index (χ4n) is 4.59. The molecule has 7 nitrogen and oxygen atoms in total. The number of hydrogen-bond donors (Lipinski definition) is 3. The number of rotatable bonds is 6. The molecule has 1 aromatic carbocycles. The first kappa shape index (κ1) is 28.1. The van der Waals surface area contributed by atoms with Crippen molar-refractivity contribution >= 4 is 29.1 Å². The van der Waals surface area contributed by atoms with Gasteiger partial charge in [0, 0.05) is 34.7 Å². The van der Waals surface area contributed by atoms with Gasteiger partial charge in [-0.3, -0.25) is 14.4 Å². The minimum atomic E-state index is -0.449. The molecule has 0 spiro atoms. The number of terminal acetylenes is 1. The van der Waals surface area contributed by atoms with E-state index in [1.165, 1.54) is 12.1 Å². The number of H-pyrrole nitrogens is 1. The van der Waals surface area contributed by atoms with E-state index >= 15 is 0 Å². The van der Waals surface area contributed by atoms with Crippen molar-refractivity contribution in [3.8, 4) is 12.8 Å². The van der Waals surface area contributed by atoms with E-state index in [2.05, 4.69) is 40.0 Å². The predicted octanol–water partition coefficient (Wildman–Crippen LogP) is 4.48. The van der Waals surface area contributed by atoms with Gasteiger partial charge in [0.2, 0.25) is 5.91 Å². The second kappa shape index (κ2) is 11.7. The van der Waals surface area contributed by atoms with Gasteiger partial charge in [-0.25, -0.2) is 9.38 Å². The second-order valence-electron chi connectivity index (χ2n) is 9.33. The maximum absolute atomic E-state index is 13.2.